The van der Waals surface area contributed by atoms with Gasteiger partial charge in [-0.1, -0.05) is 12.1 Å². The maximum absolute atomic E-state index is 12.2. The van der Waals surface area contributed by atoms with Gasteiger partial charge < -0.3 is 15.1 Å². The predicted molar refractivity (Wildman–Crippen MR) is 81.9 cm³/mol. The Hall–Kier alpha value is -1.85. The molecule has 1 amide bonds. The van der Waals surface area contributed by atoms with Gasteiger partial charge in [0.1, 0.15) is 5.75 Å². The largest absolute Gasteiger partial charge is 0.508 e. The van der Waals surface area contributed by atoms with Crippen molar-refractivity contribution in [3.05, 3.63) is 35.9 Å². The van der Waals surface area contributed by atoms with E-state index in [-0.39, 0.29) is 18.3 Å². The van der Waals surface area contributed by atoms with E-state index in [1.807, 2.05) is 4.90 Å². The second-order valence-corrected chi connectivity index (χ2v) is 5.17. The van der Waals surface area contributed by atoms with Crippen molar-refractivity contribution in [1.82, 2.24) is 9.80 Å². The molecule has 1 aliphatic heterocycles. The normalized spacial score (nSPS) is 17.1. The number of carbonyl (C=O) groups is 1. The standard InChI is InChI=1S/C16H22N2O3/c19-13-12-17-8-1-9-18(11-10-17)16(21)7-4-14-2-5-15(20)6-3-14/h2-7,19-20H,1,8-13H2. The number of β-amino-alcohol motifs (C(OH)–C–C–N with tert-alkyl or cyclic N) is 1. The number of phenols is 1. The first-order valence-corrected chi connectivity index (χ1v) is 7.28. The molecule has 0 spiro atoms. The molecule has 5 heteroatoms. The quantitative estimate of drug-likeness (QED) is 0.810. The van der Waals surface area contributed by atoms with Gasteiger partial charge in [-0.25, -0.2) is 0 Å². The number of carbonyl (C=O) groups excluding carboxylic acids is 1. The molecule has 2 rings (SSSR count). The summed E-state index contributed by atoms with van der Waals surface area (Å²) in [5.41, 5.74) is 0.887. The van der Waals surface area contributed by atoms with Gasteiger partial charge in [-0.15, -0.1) is 0 Å². The highest BCUT2D eigenvalue weighted by molar-refractivity contribution is 5.91. The fraction of sp³-hybridized carbons (Fsp3) is 0.438. The molecule has 1 saturated heterocycles. The summed E-state index contributed by atoms with van der Waals surface area (Å²) < 4.78 is 0. The molecule has 0 unspecified atom stereocenters. The smallest absolute Gasteiger partial charge is 0.246 e. The zero-order chi connectivity index (χ0) is 15.1. The lowest BCUT2D eigenvalue weighted by Crippen LogP contribution is -2.35. The number of phenolic OH excluding ortho intramolecular Hbond substituents is 1. The minimum Gasteiger partial charge on any atom is -0.508 e. The van der Waals surface area contributed by atoms with Crippen LogP contribution in [0.1, 0.15) is 12.0 Å². The van der Waals surface area contributed by atoms with Crippen LogP contribution in [0, 0.1) is 0 Å². The molecule has 1 heterocycles. The van der Waals surface area contributed by atoms with Gasteiger partial charge in [-0.05, 0) is 36.7 Å². The minimum atomic E-state index is 0.00826. The highest BCUT2D eigenvalue weighted by atomic mass is 16.3. The monoisotopic (exact) mass is 290 g/mol. The van der Waals surface area contributed by atoms with Crippen molar-refractivity contribution >= 4 is 12.0 Å². The predicted octanol–water partition coefficient (Wildman–Crippen LogP) is 0.932. The lowest BCUT2D eigenvalue weighted by molar-refractivity contribution is -0.125. The molecule has 0 aromatic heterocycles. The summed E-state index contributed by atoms with van der Waals surface area (Å²) in [6, 6.07) is 6.74. The average molecular weight is 290 g/mol. The Kier molecular flexibility index (Phi) is 5.78. The van der Waals surface area contributed by atoms with Gasteiger partial charge in [0.05, 0.1) is 6.61 Å². The molecule has 1 aromatic rings. The van der Waals surface area contributed by atoms with Crippen molar-refractivity contribution in [3.63, 3.8) is 0 Å². The van der Waals surface area contributed by atoms with Gasteiger partial charge in [0.15, 0.2) is 0 Å². The summed E-state index contributed by atoms with van der Waals surface area (Å²) >= 11 is 0. The van der Waals surface area contributed by atoms with Crippen molar-refractivity contribution in [3.8, 4) is 5.75 Å². The summed E-state index contributed by atoms with van der Waals surface area (Å²) in [7, 11) is 0. The first-order chi connectivity index (χ1) is 10.2. The Balaban J connectivity index is 1.89. The summed E-state index contributed by atoms with van der Waals surface area (Å²) in [5.74, 6) is 0.226. The van der Waals surface area contributed by atoms with E-state index >= 15 is 0 Å². The zero-order valence-electron chi connectivity index (χ0n) is 12.1. The van der Waals surface area contributed by atoms with Crippen molar-refractivity contribution in [2.45, 2.75) is 6.42 Å². The van der Waals surface area contributed by atoms with Crippen LogP contribution in [0.15, 0.2) is 30.3 Å². The summed E-state index contributed by atoms with van der Waals surface area (Å²) in [5, 5.41) is 18.2. The summed E-state index contributed by atoms with van der Waals surface area (Å²) in [4.78, 5) is 16.2. The van der Waals surface area contributed by atoms with E-state index in [9.17, 15) is 9.90 Å². The van der Waals surface area contributed by atoms with Crippen molar-refractivity contribution in [1.29, 1.82) is 0 Å². The molecule has 0 bridgehead atoms. The second kappa shape index (κ2) is 7.81. The lowest BCUT2D eigenvalue weighted by Gasteiger charge is -2.20. The van der Waals surface area contributed by atoms with Crippen LogP contribution in [0.25, 0.3) is 6.08 Å². The first-order valence-electron chi connectivity index (χ1n) is 7.28. The molecule has 5 nitrogen and oxygen atoms in total. The molecule has 1 aliphatic rings. The van der Waals surface area contributed by atoms with Crippen LogP contribution in [0.3, 0.4) is 0 Å². The maximum Gasteiger partial charge on any atom is 0.246 e. The Bertz CT molecular complexity index is 485. The van der Waals surface area contributed by atoms with Crippen LogP contribution in [0.2, 0.25) is 0 Å². The third-order valence-electron chi connectivity index (χ3n) is 3.63. The van der Waals surface area contributed by atoms with E-state index in [1.165, 1.54) is 0 Å². The van der Waals surface area contributed by atoms with Gasteiger partial charge in [0.2, 0.25) is 5.91 Å². The van der Waals surface area contributed by atoms with Crippen LogP contribution in [-0.2, 0) is 4.79 Å². The molecule has 0 radical (unpaired) electrons. The zero-order valence-corrected chi connectivity index (χ0v) is 12.1. The van der Waals surface area contributed by atoms with Gasteiger partial charge in [0, 0.05) is 32.3 Å². The van der Waals surface area contributed by atoms with E-state index in [2.05, 4.69) is 4.90 Å². The molecular weight excluding hydrogens is 268 g/mol. The average Bonchev–Trinajstić information content (AvgIpc) is 2.72. The molecule has 114 valence electrons. The fourth-order valence-corrected chi connectivity index (χ4v) is 2.41. The fourth-order valence-electron chi connectivity index (χ4n) is 2.41. The highest BCUT2D eigenvalue weighted by Crippen LogP contribution is 2.11. The Morgan fingerprint density at radius 3 is 2.62 bits per heavy atom. The SMILES string of the molecule is O=C(C=Cc1ccc(O)cc1)N1CCCN(CCO)CC1. The van der Waals surface area contributed by atoms with Gasteiger partial charge in [0.25, 0.3) is 0 Å². The second-order valence-electron chi connectivity index (χ2n) is 5.17. The van der Waals surface area contributed by atoms with Gasteiger partial charge >= 0.3 is 0 Å². The maximum atomic E-state index is 12.2. The first kappa shape index (κ1) is 15.5. The van der Waals surface area contributed by atoms with Gasteiger partial charge in [-0.2, -0.15) is 0 Å². The Morgan fingerprint density at radius 2 is 1.90 bits per heavy atom. The van der Waals surface area contributed by atoms with E-state index in [1.54, 1.807) is 36.4 Å². The molecule has 0 atom stereocenters. The summed E-state index contributed by atoms with van der Waals surface area (Å²) in [6.07, 6.45) is 4.27. The Morgan fingerprint density at radius 1 is 1.14 bits per heavy atom. The molecule has 0 saturated carbocycles. The molecule has 0 aliphatic carbocycles. The number of hydrogen-bond acceptors (Lipinski definition) is 4. The number of aromatic hydroxyl groups is 1. The molecule has 2 N–H and O–H groups in total. The lowest BCUT2D eigenvalue weighted by atomic mass is 10.2. The van der Waals surface area contributed by atoms with E-state index in [4.69, 9.17) is 5.11 Å². The van der Waals surface area contributed by atoms with E-state index in [0.717, 1.165) is 31.6 Å². The number of hydrogen-bond donors (Lipinski definition) is 2. The van der Waals surface area contributed by atoms with Crippen molar-refractivity contribution < 1.29 is 15.0 Å². The van der Waals surface area contributed by atoms with Crippen LogP contribution >= 0.6 is 0 Å². The number of amides is 1. The third kappa shape index (κ3) is 4.88. The molecule has 1 aromatic carbocycles. The number of benzene rings is 1. The highest BCUT2D eigenvalue weighted by Gasteiger charge is 2.16. The third-order valence-corrected chi connectivity index (χ3v) is 3.63. The number of rotatable bonds is 4. The molecular formula is C16H22N2O3. The van der Waals surface area contributed by atoms with Gasteiger partial charge in [-0.3, -0.25) is 9.69 Å². The number of aliphatic hydroxyl groups excluding tert-OH is 1. The molecule has 21 heavy (non-hydrogen) atoms. The summed E-state index contributed by atoms with van der Waals surface area (Å²) in [6.45, 7) is 4.00. The van der Waals surface area contributed by atoms with Crippen LogP contribution in [0.5, 0.6) is 5.75 Å². The molecule has 1 fully saturated rings. The van der Waals surface area contributed by atoms with E-state index in [0.29, 0.717) is 13.1 Å². The van der Waals surface area contributed by atoms with E-state index < -0.39 is 0 Å². The topological polar surface area (TPSA) is 64.0 Å². The van der Waals surface area contributed by atoms with Crippen molar-refractivity contribution in [2.24, 2.45) is 0 Å². The van der Waals surface area contributed by atoms with Crippen LogP contribution < -0.4 is 0 Å². The Labute approximate surface area is 125 Å². The minimum absolute atomic E-state index is 0.00826. The van der Waals surface area contributed by atoms with Crippen LogP contribution in [0.4, 0.5) is 0 Å². The number of nitrogens with zero attached hydrogens (tertiary/aromatic N) is 2. The number of aliphatic hydroxyl groups is 1. The van der Waals surface area contributed by atoms with Crippen molar-refractivity contribution in [2.75, 3.05) is 39.3 Å². The van der Waals surface area contributed by atoms with Crippen LogP contribution in [-0.4, -0.2) is 65.3 Å².